The summed E-state index contributed by atoms with van der Waals surface area (Å²) in [5, 5.41) is 10.3. The fourth-order valence-corrected chi connectivity index (χ4v) is 5.55. The first-order valence-electron chi connectivity index (χ1n) is 15.5. The van der Waals surface area contributed by atoms with Crippen LogP contribution < -0.4 is 20.7 Å². The van der Waals surface area contributed by atoms with Crippen LogP contribution in [0, 0.1) is 6.92 Å². The van der Waals surface area contributed by atoms with Gasteiger partial charge in [-0.15, -0.1) is 0 Å². The molecular formula is C38H38N2O8. The van der Waals surface area contributed by atoms with Crippen molar-refractivity contribution < 1.29 is 28.8 Å². The third kappa shape index (κ3) is 7.16. The summed E-state index contributed by atoms with van der Waals surface area (Å²) in [7, 11) is 3.21. The van der Waals surface area contributed by atoms with E-state index in [0.717, 1.165) is 16.7 Å². The van der Waals surface area contributed by atoms with Crippen molar-refractivity contribution in [2.75, 3.05) is 34.0 Å². The first-order chi connectivity index (χ1) is 23.3. The lowest BCUT2D eigenvalue weighted by Crippen LogP contribution is -2.45. The van der Waals surface area contributed by atoms with Crippen LogP contribution in [0.15, 0.2) is 125 Å². The molecule has 0 aliphatic carbocycles. The number of hydrogen-bond acceptors (Lipinski definition) is 8. The van der Waals surface area contributed by atoms with Crippen molar-refractivity contribution >= 4 is 5.91 Å². The van der Waals surface area contributed by atoms with Crippen molar-refractivity contribution in [3.05, 3.63) is 164 Å². The van der Waals surface area contributed by atoms with Gasteiger partial charge in [-0.25, -0.2) is 4.79 Å². The summed E-state index contributed by atoms with van der Waals surface area (Å²) in [6.45, 7) is 1.17. The second kappa shape index (κ2) is 15.5. The van der Waals surface area contributed by atoms with E-state index in [2.05, 4.69) is 0 Å². The lowest BCUT2D eigenvalue weighted by molar-refractivity contribution is -0.0822. The zero-order valence-corrected chi connectivity index (χ0v) is 27.1. The molecule has 0 fully saturated rings. The third-order valence-corrected chi connectivity index (χ3v) is 8.10. The average Bonchev–Trinajstić information content (AvgIpc) is 3.14. The van der Waals surface area contributed by atoms with E-state index in [4.69, 9.17) is 18.9 Å². The van der Waals surface area contributed by atoms with Gasteiger partial charge in [-0.1, -0.05) is 72.8 Å². The van der Waals surface area contributed by atoms with Crippen LogP contribution in [0.3, 0.4) is 0 Å². The number of aliphatic hydroxyl groups is 1. The van der Waals surface area contributed by atoms with E-state index in [-0.39, 0.29) is 37.5 Å². The number of aliphatic hydroxyl groups excluding tert-OH is 1. The van der Waals surface area contributed by atoms with Gasteiger partial charge >= 0.3 is 5.69 Å². The molecule has 0 amide bonds. The number of ether oxygens (including phenoxy) is 4. The average molecular weight is 651 g/mol. The van der Waals surface area contributed by atoms with Gasteiger partial charge in [0.15, 0.2) is 0 Å². The Hall–Kier alpha value is -5.29. The summed E-state index contributed by atoms with van der Waals surface area (Å²) < 4.78 is 25.6. The Morgan fingerprint density at radius 3 is 1.81 bits per heavy atom. The number of methoxy groups -OCH3 is 2. The number of benzene rings is 4. The standard InChI is InChI=1S/C38H38N2O8/c1-27-24-39(37(44)40(35(27)42)36(43)28-10-6-4-7-11-28)22-23-47-34(25-41)26-48-38(29-12-8-5-9-13-29,30-14-18-32(45-2)19-15-30)31-16-20-33(46-3)21-17-31/h4-21,24,34,41H,22-23,25-26H2,1-3H3/t34-/m0/s1. The molecule has 1 heterocycles. The second-order valence-electron chi connectivity index (χ2n) is 11.1. The normalized spacial score (nSPS) is 12.0. The maximum Gasteiger partial charge on any atom is 0.338 e. The van der Waals surface area contributed by atoms with Gasteiger partial charge < -0.3 is 24.1 Å². The highest BCUT2D eigenvalue weighted by atomic mass is 16.6. The largest absolute Gasteiger partial charge is 0.497 e. The van der Waals surface area contributed by atoms with E-state index >= 15 is 0 Å². The van der Waals surface area contributed by atoms with E-state index in [1.54, 1.807) is 51.5 Å². The Morgan fingerprint density at radius 1 is 0.771 bits per heavy atom. The molecule has 1 aromatic heterocycles. The van der Waals surface area contributed by atoms with Gasteiger partial charge in [0.25, 0.3) is 11.5 Å². The molecule has 248 valence electrons. The molecule has 0 spiro atoms. The number of aromatic nitrogens is 2. The van der Waals surface area contributed by atoms with Crippen LogP contribution >= 0.6 is 0 Å². The van der Waals surface area contributed by atoms with Crippen molar-refractivity contribution in [2.24, 2.45) is 0 Å². The van der Waals surface area contributed by atoms with Crippen molar-refractivity contribution in [1.29, 1.82) is 0 Å². The summed E-state index contributed by atoms with van der Waals surface area (Å²) >= 11 is 0. The number of aryl methyl sites for hydroxylation is 1. The number of carbonyl (C=O) groups is 1. The van der Waals surface area contributed by atoms with Gasteiger partial charge in [0.05, 0.1) is 40.6 Å². The van der Waals surface area contributed by atoms with E-state index in [1.165, 1.54) is 10.8 Å². The van der Waals surface area contributed by atoms with Crippen LogP contribution in [0.25, 0.3) is 0 Å². The lowest BCUT2D eigenvalue weighted by Gasteiger charge is -2.37. The number of rotatable bonds is 14. The first kappa shape index (κ1) is 34.1. The maximum absolute atomic E-state index is 13.3. The van der Waals surface area contributed by atoms with Crippen molar-refractivity contribution in [2.45, 2.75) is 25.2 Å². The van der Waals surface area contributed by atoms with Crippen molar-refractivity contribution in [1.82, 2.24) is 9.13 Å². The van der Waals surface area contributed by atoms with Gasteiger partial charge in [-0.3, -0.25) is 14.2 Å². The molecule has 1 N–H and O–H groups in total. The molecule has 10 heteroatoms. The van der Waals surface area contributed by atoms with E-state index in [1.807, 2.05) is 78.9 Å². The van der Waals surface area contributed by atoms with E-state index < -0.39 is 28.9 Å². The molecule has 0 saturated carbocycles. The van der Waals surface area contributed by atoms with E-state index in [9.17, 15) is 19.5 Å². The minimum atomic E-state index is -1.11. The quantitative estimate of drug-likeness (QED) is 0.176. The van der Waals surface area contributed by atoms with Gasteiger partial charge in [0.1, 0.15) is 23.2 Å². The summed E-state index contributed by atoms with van der Waals surface area (Å²) in [5.41, 5.74) is 0.379. The van der Waals surface area contributed by atoms with Gasteiger partial charge in [0.2, 0.25) is 0 Å². The minimum Gasteiger partial charge on any atom is -0.497 e. The Bertz CT molecular complexity index is 1870. The highest BCUT2D eigenvalue weighted by molar-refractivity contribution is 5.95. The Kier molecular flexibility index (Phi) is 11.0. The molecule has 4 aromatic carbocycles. The number of hydrogen-bond donors (Lipinski definition) is 1. The monoisotopic (exact) mass is 650 g/mol. The lowest BCUT2D eigenvalue weighted by atomic mass is 9.80. The molecule has 0 unspecified atom stereocenters. The molecule has 0 saturated heterocycles. The Labute approximate surface area is 278 Å². The molecule has 0 aliphatic heterocycles. The zero-order chi connectivity index (χ0) is 34.1. The number of carbonyl (C=O) groups excluding carboxylic acids is 1. The number of nitrogens with zero attached hydrogens (tertiary/aromatic N) is 2. The Balaban J connectivity index is 1.41. The molecule has 0 radical (unpaired) electrons. The molecular weight excluding hydrogens is 612 g/mol. The highest BCUT2D eigenvalue weighted by Gasteiger charge is 2.38. The predicted molar refractivity (Wildman–Crippen MR) is 181 cm³/mol. The molecule has 1 atom stereocenters. The smallest absolute Gasteiger partial charge is 0.338 e. The van der Waals surface area contributed by atoms with Crippen LogP contribution in [0.2, 0.25) is 0 Å². The topological polar surface area (TPSA) is 118 Å². The highest BCUT2D eigenvalue weighted by Crippen LogP contribution is 2.41. The zero-order valence-electron chi connectivity index (χ0n) is 27.1. The minimum absolute atomic E-state index is 0.00489. The van der Waals surface area contributed by atoms with Crippen molar-refractivity contribution in [3.8, 4) is 11.5 Å². The van der Waals surface area contributed by atoms with Crippen LogP contribution in [0.1, 0.15) is 32.6 Å². The summed E-state index contributed by atoms with van der Waals surface area (Å²) in [4.78, 5) is 39.2. The fourth-order valence-electron chi connectivity index (χ4n) is 5.55. The SMILES string of the molecule is COc1ccc(C(OC[C@H](CO)OCCn2cc(C)c(=O)n(C(=O)c3ccccc3)c2=O)(c2ccccc2)c2ccc(OC)cc2)cc1. The van der Waals surface area contributed by atoms with E-state index in [0.29, 0.717) is 16.1 Å². The summed E-state index contributed by atoms with van der Waals surface area (Å²) in [5.74, 6) is 0.670. The maximum atomic E-state index is 13.3. The van der Waals surface area contributed by atoms with Crippen LogP contribution in [-0.4, -0.2) is 60.3 Å². The van der Waals surface area contributed by atoms with Gasteiger partial charge in [-0.05, 0) is 60.0 Å². The molecule has 10 nitrogen and oxygen atoms in total. The van der Waals surface area contributed by atoms with Crippen molar-refractivity contribution in [3.63, 3.8) is 0 Å². The summed E-state index contributed by atoms with van der Waals surface area (Å²) in [6, 6.07) is 33.1. The third-order valence-electron chi connectivity index (χ3n) is 8.10. The van der Waals surface area contributed by atoms with Crippen LogP contribution in [0.4, 0.5) is 0 Å². The first-order valence-corrected chi connectivity index (χ1v) is 15.5. The predicted octanol–water partition coefficient (Wildman–Crippen LogP) is 4.41. The summed E-state index contributed by atoms with van der Waals surface area (Å²) in [6.07, 6.45) is 0.624. The molecule has 48 heavy (non-hydrogen) atoms. The molecule has 5 aromatic rings. The molecule has 5 rings (SSSR count). The Morgan fingerprint density at radius 2 is 1.29 bits per heavy atom. The van der Waals surface area contributed by atoms with Gasteiger partial charge in [0, 0.05) is 17.3 Å². The fraction of sp³-hybridized carbons (Fsp3) is 0.237. The second-order valence-corrected chi connectivity index (χ2v) is 11.1. The van der Waals surface area contributed by atoms with Crippen LogP contribution in [0.5, 0.6) is 11.5 Å². The van der Waals surface area contributed by atoms with Gasteiger partial charge in [-0.2, -0.15) is 4.57 Å². The molecule has 0 bridgehead atoms. The molecule has 0 aliphatic rings. The van der Waals surface area contributed by atoms with Crippen LogP contribution in [-0.2, 0) is 21.6 Å².